The molecule has 43 valence electrons. The fourth-order valence-electron chi connectivity index (χ4n) is 0.149. The average molecular weight is 145 g/mol. The molecule has 1 N–H and O–H groups in total. The van der Waals surface area contributed by atoms with Gasteiger partial charge in [0.15, 0.2) is 0 Å². The Morgan fingerprint density at radius 1 is 1.62 bits per heavy atom. The van der Waals surface area contributed by atoms with E-state index in [9.17, 15) is 8.42 Å². The maximum atomic E-state index is 9.72. The van der Waals surface area contributed by atoms with Gasteiger partial charge in [-0.15, -0.1) is 6.58 Å². The average Bonchev–Trinajstić information content (AvgIpc) is 1.30. The van der Waals surface area contributed by atoms with Crippen LogP contribution in [-0.2, 0) is 10.1 Å². The quantitative estimate of drug-likeness (QED) is 0.329. The monoisotopic (exact) mass is 145 g/mol. The van der Waals surface area contributed by atoms with Crippen LogP contribution in [0.1, 0.15) is 0 Å². The molecule has 0 aliphatic rings. The van der Waals surface area contributed by atoms with Crippen molar-refractivity contribution in [2.75, 3.05) is 5.75 Å². The van der Waals surface area contributed by atoms with Crippen molar-refractivity contribution in [2.45, 2.75) is 0 Å². The number of hydrogen-bond acceptors (Lipinski definition) is 2. The molecule has 0 aromatic rings. The van der Waals surface area contributed by atoms with Gasteiger partial charge in [0.2, 0.25) is 0 Å². The van der Waals surface area contributed by atoms with E-state index in [4.69, 9.17) is 4.55 Å². The van der Waals surface area contributed by atoms with Crippen molar-refractivity contribution in [3.8, 4) is 0 Å². The molecule has 0 fully saturated rings. The Balaban J connectivity index is 0. The molecule has 0 aromatic carbocycles. The zero-order chi connectivity index (χ0) is 5.91. The topological polar surface area (TPSA) is 54.4 Å². The molecule has 5 heteroatoms. The van der Waals surface area contributed by atoms with E-state index in [1.165, 1.54) is 0 Å². The van der Waals surface area contributed by atoms with Crippen molar-refractivity contribution < 1.29 is 13.0 Å². The molecule has 1 radical (unpaired) electrons. The van der Waals surface area contributed by atoms with Crippen LogP contribution in [0.25, 0.3) is 0 Å². The Hall–Kier alpha value is 0.650. The fourth-order valence-corrected chi connectivity index (χ4v) is 0.447. The summed E-state index contributed by atoms with van der Waals surface area (Å²) in [6.45, 7) is 3.11. The van der Waals surface area contributed by atoms with Crippen LogP contribution in [0.2, 0.25) is 0 Å². The zero-order valence-corrected chi connectivity index (χ0v) is 7.48. The van der Waals surface area contributed by atoms with E-state index >= 15 is 0 Å². The molecule has 0 bridgehead atoms. The van der Waals surface area contributed by atoms with E-state index in [0.29, 0.717) is 0 Å². The molecular weight excluding hydrogens is 139 g/mol. The van der Waals surface area contributed by atoms with Gasteiger partial charge in [0, 0.05) is 29.6 Å². The van der Waals surface area contributed by atoms with E-state index in [-0.39, 0.29) is 35.3 Å². The van der Waals surface area contributed by atoms with Gasteiger partial charge in [-0.05, 0) is 0 Å². The first kappa shape index (κ1) is 11.4. The second kappa shape index (κ2) is 4.52. The first-order valence-electron chi connectivity index (χ1n) is 1.62. The standard InChI is InChI=1S/C3H6O3S.Na/c1-2-3-7(4,5)6;/h2H,1,3H2,(H,4,5,6);. The number of rotatable bonds is 2. The molecule has 0 aromatic heterocycles. The molecular formula is C3H6NaO3S. The second-order valence-electron chi connectivity index (χ2n) is 1.04. The second-order valence-corrected chi connectivity index (χ2v) is 2.53. The third kappa shape index (κ3) is 9.82. The van der Waals surface area contributed by atoms with Crippen LogP contribution in [0.5, 0.6) is 0 Å². The predicted molar refractivity (Wildman–Crippen MR) is 32.4 cm³/mol. The molecule has 0 saturated heterocycles. The van der Waals surface area contributed by atoms with Crippen LogP contribution in [0.4, 0.5) is 0 Å². The van der Waals surface area contributed by atoms with Crippen molar-refractivity contribution in [3.63, 3.8) is 0 Å². The molecule has 0 aliphatic heterocycles. The zero-order valence-electron chi connectivity index (χ0n) is 4.66. The summed E-state index contributed by atoms with van der Waals surface area (Å²) in [6.07, 6.45) is 1.12. The Bertz CT molecular complexity index is 148. The van der Waals surface area contributed by atoms with Crippen LogP contribution in [-0.4, -0.2) is 48.3 Å². The molecule has 3 nitrogen and oxygen atoms in total. The summed E-state index contributed by atoms with van der Waals surface area (Å²) >= 11 is 0. The molecule has 0 saturated carbocycles. The first-order valence-corrected chi connectivity index (χ1v) is 3.23. The molecule has 0 amide bonds. The van der Waals surface area contributed by atoms with Gasteiger partial charge in [-0.3, -0.25) is 4.55 Å². The Labute approximate surface area is 70.8 Å². The maximum Gasteiger partial charge on any atom is 0.268 e. The number of hydrogen-bond donors (Lipinski definition) is 1. The van der Waals surface area contributed by atoms with Gasteiger partial charge in [0.25, 0.3) is 10.1 Å². The first-order chi connectivity index (χ1) is 3.06. The Morgan fingerprint density at radius 2 is 2.00 bits per heavy atom. The fraction of sp³-hybridized carbons (Fsp3) is 0.333. The maximum absolute atomic E-state index is 9.72. The summed E-state index contributed by atoms with van der Waals surface area (Å²) in [5, 5.41) is 0. The molecule has 0 atom stereocenters. The van der Waals surface area contributed by atoms with Crippen LogP contribution in [0, 0.1) is 0 Å². The molecule has 0 rings (SSSR count). The third-order valence-corrected chi connectivity index (χ3v) is 0.985. The van der Waals surface area contributed by atoms with Crippen LogP contribution in [0.3, 0.4) is 0 Å². The van der Waals surface area contributed by atoms with Crippen molar-refractivity contribution in [1.82, 2.24) is 0 Å². The Morgan fingerprint density at radius 3 is 2.00 bits per heavy atom. The van der Waals surface area contributed by atoms with Crippen LogP contribution in [0.15, 0.2) is 12.7 Å². The van der Waals surface area contributed by atoms with Crippen LogP contribution < -0.4 is 0 Å². The van der Waals surface area contributed by atoms with Gasteiger partial charge in [-0.25, -0.2) is 0 Å². The molecule has 8 heavy (non-hydrogen) atoms. The molecule has 0 heterocycles. The van der Waals surface area contributed by atoms with Crippen molar-refractivity contribution in [2.24, 2.45) is 0 Å². The van der Waals surface area contributed by atoms with E-state index in [1.807, 2.05) is 0 Å². The third-order valence-electron chi connectivity index (χ3n) is 0.328. The SMILES string of the molecule is C=CCS(=O)(=O)O.[Na]. The summed E-state index contributed by atoms with van der Waals surface area (Å²) in [5.41, 5.74) is 0. The van der Waals surface area contributed by atoms with Gasteiger partial charge in [0.1, 0.15) is 0 Å². The van der Waals surface area contributed by atoms with Gasteiger partial charge in [-0.2, -0.15) is 8.42 Å². The summed E-state index contributed by atoms with van der Waals surface area (Å²) in [6, 6.07) is 0. The minimum absolute atomic E-state index is 0. The summed E-state index contributed by atoms with van der Waals surface area (Å²) in [7, 11) is -3.79. The van der Waals surface area contributed by atoms with Crippen molar-refractivity contribution >= 4 is 39.7 Å². The van der Waals surface area contributed by atoms with E-state index in [1.54, 1.807) is 0 Å². The van der Waals surface area contributed by atoms with Gasteiger partial charge >= 0.3 is 0 Å². The van der Waals surface area contributed by atoms with E-state index < -0.39 is 10.1 Å². The molecule has 0 aliphatic carbocycles. The van der Waals surface area contributed by atoms with Crippen molar-refractivity contribution in [3.05, 3.63) is 12.7 Å². The summed E-state index contributed by atoms with van der Waals surface area (Å²) in [4.78, 5) is 0. The predicted octanol–water partition coefficient (Wildman–Crippen LogP) is -0.321. The largest absolute Gasteiger partial charge is 0.285 e. The smallest absolute Gasteiger partial charge is 0.268 e. The minimum atomic E-state index is -3.79. The molecule has 0 spiro atoms. The molecule has 0 unspecified atom stereocenters. The Kier molecular flexibility index (Phi) is 6.47. The normalized spacial score (nSPS) is 9.62. The van der Waals surface area contributed by atoms with Gasteiger partial charge in [0.05, 0.1) is 5.75 Å². The van der Waals surface area contributed by atoms with Crippen LogP contribution >= 0.6 is 0 Å². The van der Waals surface area contributed by atoms with E-state index in [2.05, 4.69) is 6.58 Å². The van der Waals surface area contributed by atoms with Crippen molar-refractivity contribution in [1.29, 1.82) is 0 Å². The summed E-state index contributed by atoms with van der Waals surface area (Å²) in [5.74, 6) is -0.368. The van der Waals surface area contributed by atoms with E-state index in [0.717, 1.165) is 6.08 Å². The van der Waals surface area contributed by atoms with Gasteiger partial charge in [-0.1, -0.05) is 6.08 Å². The summed E-state index contributed by atoms with van der Waals surface area (Å²) < 4.78 is 27.3. The minimum Gasteiger partial charge on any atom is -0.285 e. The van der Waals surface area contributed by atoms with Gasteiger partial charge < -0.3 is 0 Å².